The number of hydrogen-bond acceptors (Lipinski definition) is 9. The number of nitrogens with two attached hydrogens (primary N) is 1. The van der Waals surface area contributed by atoms with Gasteiger partial charge in [-0.1, -0.05) is 0 Å². The zero-order valence-corrected chi connectivity index (χ0v) is 14.2. The van der Waals surface area contributed by atoms with Gasteiger partial charge in [-0.05, 0) is 0 Å². The molecule has 0 saturated carbocycles. The number of nitrogen functional groups attached to an aromatic ring is 1. The molecule has 13 heteroatoms. The normalized spacial score (nSPS) is 29.1. The third kappa shape index (κ3) is 3.36. The van der Waals surface area contributed by atoms with Crippen molar-refractivity contribution in [1.82, 2.24) is 19.5 Å². The summed E-state index contributed by atoms with van der Waals surface area (Å²) in [5.74, 6) is 0.137. The molecule has 1 aliphatic rings. The molecule has 0 bridgehead atoms. The van der Waals surface area contributed by atoms with E-state index in [1.165, 1.54) is 24.3 Å². The minimum absolute atomic E-state index is 0.0605. The minimum atomic E-state index is -4.43. The first-order chi connectivity index (χ1) is 11.9. The molecule has 0 amide bonds. The molecule has 3 N–H and O–H groups in total. The minimum Gasteiger partial charge on any atom is -0.382 e. The van der Waals surface area contributed by atoms with E-state index in [-0.39, 0.29) is 23.6 Å². The number of methoxy groups -OCH3 is 1. The summed E-state index contributed by atoms with van der Waals surface area (Å²) in [5.41, 5.74) is 6.26. The van der Waals surface area contributed by atoms with Crippen LogP contribution in [0.15, 0.2) is 12.7 Å². The summed E-state index contributed by atoms with van der Waals surface area (Å²) in [6.45, 7) is -0.0605. The van der Waals surface area contributed by atoms with Crippen molar-refractivity contribution in [3.63, 3.8) is 0 Å². The van der Waals surface area contributed by atoms with Gasteiger partial charge in [0, 0.05) is 14.2 Å². The fourth-order valence-electron chi connectivity index (χ4n) is 2.60. The summed E-state index contributed by atoms with van der Waals surface area (Å²) in [6.07, 6.45) is -2.85. The molecule has 3 heterocycles. The molecule has 11 nitrogen and oxygen atoms in total. The Morgan fingerprint density at radius 1 is 1.44 bits per heavy atom. The van der Waals surface area contributed by atoms with Crippen molar-refractivity contribution in [3.05, 3.63) is 12.7 Å². The van der Waals surface area contributed by atoms with E-state index in [9.17, 15) is 13.8 Å². The molecule has 2 aromatic heterocycles. The van der Waals surface area contributed by atoms with Crippen molar-refractivity contribution in [2.75, 3.05) is 26.6 Å². The standard InChI is InChI=1S/C12H17FN5O6P/c1-21-3-6-9(24-25(19,20)22-2)7(13)12(23-6)18-5-17-8-10(14)15-4-16-11(8)18/h4-7,9,12H,3H2,1-2H3,(H,19,20)(H2,14,15,16). The van der Waals surface area contributed by atoms with E-state index in [1.54, 1.807) is 0 Å². The van der Waals surface area contributed by atoms with Crippen LogP contribution in [-0.4, -0.2) is 63.6 Å². The molecule has 1 saturated heterocycles. The van der Waals surface area contributed by atoms with Crippen LogP contribution in [0.4, 0.5) is 10.2 Å². The molecule has 1 aliphatic heterocycles. The molecule has 0 spiro atoms. The van der Waals surface area contributed by atoms with E-state index in [2.05, 4.69) is 19.5 Å². The number of ether oxygens (including phenoxy) is 2. The van der Waals surface area contributed by atoms with Crippen LogP contribution in [0.3, 0.4) is 0 Å². The number of imidazole rings is 1. The number of aromatic nitrogens is 4. The molecule has 138 valence electrons. The van der Waals surface area contributed by atoms with Crippen LogP contribution in [-0.2, 0) is 23.1 Å². The Morgan fingerprint density at radius 2 is 2.20 bits per heavy atom. The number of nitrogens with zero attached hydrogens (tertiary/aromatic N) is 4. The molecule has 0 aromatic carbocycles. The largest absolute Gasteiger partial charge is 0.472 e. The maximum Gasteiger partial charge on any atom is 0.472 e. The predicted octanol–water partition coefficient (Wildman–Crippen LogP) is 0.422. The van der Waals surface area contributed by atoms with Gasteiger partial charge in [-0.3, -0.25) is 13.6 Å². The van der Waals surface area contributed by atoms with Crippen LogP contribution in [0.1, 0.15) is 6.23 Å². The molecule has 2 aromatic rings. The highest BCUT2D eigenvalue weighted by Crippen LogP contribution is 2.48. The first kappa shape index (κ1) is 18.1. The van der Waals surface area contributed by atoms with Crippen molar-refractivity contribution in [1.29, 1.82) is 0 Å². The molecule has 25 heavy (non-hydrogen) atoms. The average molecular weight is 377 g/mol. The van der Waals surface area contributed by atoms with E-state index in [4.69, 9.17) is 19.7 Å². The second-order valence-corrected chi connectivity index (χ2v) is 6.78. The van der Waals surface area contributed by atoms with Gasteiger partial charge < -0.3 is 20.1 Å². The van der Waals surface area contributed by atoms with Gasteiger partial charge >= 0.3 is 7.82 Å². The van der Waals surface area contributed by atoms with E-state index in [0.717, 1.165) is 7.11 Å². The van der Waals surface area contributed by atoms with Gasteiger partial charge in [-0.15, -0.1) is 0 Å². The summed E-state index contributed by atoms with van der Waals surface area (Å²) in [6, 6.07) is 0. The lowest BCUT2D eigenvalue weighted by Gasteiger charge is -2.20. The Morgan fingerprint density at radius 3 is 2.88 bits per heavy atom. The number of halogens is 1. The molecule has 3 rings (SSSR count). The van der Waals surface area contributed by atoms with Gasteiger partial charge in [-0.2, -0.15) is 0 Å². The summed E-state index contributed by atoms with van der Waals surface area (Å²) in [7, 11) is -2.06. The lowest BCUT2D eigenvalue weighted by molar-refractivity contribution is -0.0541. The third-order valence-corrected chi connectivity index (χ3v) is 4.72. The Balaban J connectivity index is 1.94. The van der Waals surface area contributed by atoms with Gasteiger partial charge in [0.2, 0.25) is 0 Å². The second-order valence-electron chi connectivity index (χ2n) is 5.27. The highest BCUT2D eigenvalue weighted by atomic mass is 31.2. The van der Waals surface area contributed by atoms with Gasteiger partial charge in [-0.25, -0.2) is 23.9 Å². The number of phosphoric ester groups is 1. The molecule has 0 aliphatic carbocycles. The summed E-state index contributed by atoms with van der Waals surface area (Å²) in [4.78, 5) is 21.4. The predicted molar refractivity (Wildman–Crippen MR) is 82.1 cm³/mol. The van der Waals surface area contributed by atoms with Crippen LogP contribution in [0.5, 0.6) is 0 Å². The lowest BCUT2D eigenvalue weighted by atomic mass is 10.1. The zero-order chi connectivity index (χ0) is 18.2. The van der Waals surface area contributed by atoms with E-state index < -0.39 is 32.4 Å². The van der Waals surface area contributed by atoms with Crippen LogP contribution >= 0.6 is 7.82 Å². The van der Waals surface area contributed by atoms with Crippen molar-refractivity contribution in [3.8, 4) is 0 Å². The molecule has 5 unspecified atom stereocenters. The summed E-state index contributed by atoms with van der Waals surface area (Å²) >= 11 is 0. The number of fused-ring (bicyclic) bond motifs is 1. The Bertz CT molecular complexity index is 805. The van der Waals surface area contributed by atoms with Crippen molar-refractivity contribution >= 4 is 24.8 Å². The smallest absolute Gasteiger partial charge is 0.382 e. The molecular formula is C12H17FN5O6P. The molecule has 0 radical (unpaired) electrons. The fraction of sp³-hybridized carbons (Fsp3) is 0.583. The summed E-state index contributed by atoms with van der Waals surface area (Å²) in [5, 5.41) is 0. The third-order valence-electron chi connectivity index (χ3n) is 3.74. The highest BCUT2D eigenvalue weighted by Gasteiger charge is 2.50. The van der Waals surface area contributed by atoms with E-state index >= 15 is 0 Å². The molecule has 5 atom stereocenters. The first-order valence-corrected chi connectivity index (χ1v) is 8.66. The Hall–Kier alpha value is -1.69. The maximum absolute atomic E-state index is 15.0. The molecular weight excluding hydrogens is 360 g/mol. The van der Waals surface area contributed by atoms with Crippen LogP contribution in [0, 0.1) is 0 Å². The quantitative estimate of drug-likeness (QED) is 0.680. The number of phosphoric acid groups is 1. The van der Waals surface area contributed by atoms with Gasteiger partial charge in [0.15, 0.2) is 23.9 Å². The van der Waals surface area contributed by atoms with Crippen LogP contribution in [0.2, 0.25) is 0 Å². The van der Waals surface area contributed by atoms with Crippen LogP contribution < -0.4 is 5.73 Å². The van der Waals surface area contributed by atoms with Crippen molar-refractivity contribution < 1.29 is 32.4 Å². The number of hydrogen-bond donors (Lipinski definition) is 2. The number of alkyl halides is 1. The average Bonchev–Trinajstić information content (AvgIpc) is 3.12. The highest BCUT2D eigenvalue weighted by molar-refractivity contribution is 7.47. The van der Waals surface area contributed by atoms with E-state index in [0.29, 0.717) is 0 Å². The van der Waals surface area contributed by atoms with Crippen LogP contribution in [0.25, 0.3) is 11.2 Å². The summed E-state index contributed by atoms with van der Waals surface area (Å²) < 4.78 is 47.8. The second kappa shape index (κ2) is 6.90. The lowest BCUT2D eigenvalue weighted by Crippen LogP contribution is -2.33. The fourth-order valence-corrected chi connectivity index (χ4v) is 3.24. The zero-order valence-electron chi connectivity index (χ0n) is 13.4. The van der Waals surface area contributed by atoms with Crippen molar-refractivity contribution in [2.24, 2.45) is 0 Å². The topological polar surface area (TPSA) is 144 Å². The van der Waals surface area contributed by atoms with Gasteiger partial charge in [0.25, 0.3) is 0 Å². The first-order valence-electron chi connectivity index (χ1n) is 7.16. The monoisotopic (exact) mass is 377 g/mol. The Labute approximate surface area is 141 Å². The SMILES string of the molecule is COCC1OC(n2cnc3c(N)ncnc32)C(F)C1OP(=O)(O)OC. The van der Waals surface area contributed by atoms with Gasteiger partial charge in [0.05, 0.1) is 12.9 Å². The molecule has 1 fully saturated rings. The van der Waals surface area contributed by atoms with Crippen molar-refractivity contribution in [2.45, 2.75) is 24.6 Å². The van der Waals surface area contributed by atoms with Gasteiger partial charge in [0.1, 0.15) is 24.1 Å². The Kier molecular flexibility index (Phi) is 5.00. The maximum atomic E-state index is 15.0. The van der Waals surface area contributed by atoms with E-state index in [1.807, 2.05) is 0 Å². The number of anilines is 1. The number of rotatable bonds is 6.